The molecule has 0 aliphatic carbocycles. The summed E-state index contributed by atoms with van der Waals surface area (Å²) in [6, 6.07) is 0. The van der Waals surface area contributed by atoms with Gasteiger partial charge in [0.25, 0.3) is 0 Å². The zero-order valence-corrected chi connectivity index (χ0v) is 7.54. The van der Waals surface area contributed by atoms with Gasteiger partial charge in [-0.3, -0.25) is 4.79 Å². The van der Waals surface area contributed by atoms with Gasteiger partial charge in [0.15, 0.2) is 0 Å². The van der Waals surface area contributed by atoms with Crippen molar-refractivity contribution in [1.82, 2.24) is 0 Å². The molecule has 0 saturated carbocycles. The molecule has 0 rings (SSSR count). The van der Waals surface area contributed by atoms with Crippen molar-refractivity contribution in [2.75, 3.05) is 19.8 Å². The summed E-state index contributed by atoms with van der Waals surface area (Å²) in [4.78, 5) is 10.6. The molecule has 0 atom stereocenters. The van der Waals surface area contributed by atoms with Gasteiger partial charge < -0.3 is 14.9 Å². The van der Waals surface area contributed by atoms with Crippen LogP contribution in [0.2, 0.25) is 0 Å². The molecule has 72 valence electrons. The number of carbonyl (C=O) groups is 1. The molecule has 4 heteroatoms. The average Bonchev–Trinajstić information content (AvgIpc) is 1.98. The van der Waals surface area contributed by atoms with E-state index in [1.165, 1.54) is 0 Å². The topological polar surface area (TPSA) is 66.8 Å². The molecule has 0 aliphatic heterocycles. The monoisotopic (exact) mass is 176 g/mol. The van der Waals surface area contributed by atoms with Crippen molar-refractivity contribution in [2.45, 2.75) is 20.3 Å². The molecule has 0 unspecified atom stereocenters. The molecule has 0 aromatic carbocycles. The first-order valence-corrected chi connectivity index (χ1v) is 3.92. The molecule has 0 spiro atoms. The first-order chi connectivity index (χ1) is 5.50. The number of carboxylic acid groups (broad SMARTS) is 1. The fourth-order valence-electron chi connectivity index (χ4n) is 0.556. The van der Waals surface area contributed by atoms with Crippen LogP contribution in [0.4, 0.5) is 0 Å². The summed E-state index contributed by atoms with van der Waals surface area (Å²) >= 11 is 0. The second kappa shape index (κ2) is 5.11. The van der Waals surface area contributed by atoms with E-state index in [0.29, 0.717) is 13.0 Å². The van der Waals surface area contributed by atoms with E-state index in [-0.39, 0.29) is 13.2 Å². The van der Waals surface area contributed by atoms with E-state index in [1.807, 2.05) is 0 Å². The highest BCUT2D eigenvalue weighted by Crippen LogP contribution is 2.15. The van der Waals surface area contributed by atoms with Crippen LogP contribution in [0, 0.1) is 5.41 Å². The van der Waals surface area contributed by atoms with Gasteiger partial charge >= 0.3 is 5.97 Å². The zero-order chi connectivity index (χ0) is 9.61. The normalized spacial score (nSPS) is 11.6. The van der Waals surface area contributed by atoms with Crippen LogP contribution in [0.5, 0.6) is 0 Å². The minimum Gasteiger partial charge on any atom is -0.481 e. The predicted molar refractivity (Wildman–Crippen MR) is 43.9 cm³/mol. The lowest BCUT2D eigenvalue weighted by Crippen LogP contribution is -2.29. The minimum atomic E-state index is -0.869. The van der Waals surface area contributed by atoms with Crippen molar-refractivity contribution in [3.05, 3.63) is 0 Å². The van der Waals surface area contributed by atoms with Crippen molar-refractivity contribution >= 4 is 5.97 Å². The summed E-state index contributed by atoms with van der Waals surface area (Å²) in [7, 11) is 0. The van der Waals surface area contributed by atoms with Gasteiger partial charge in [-0.2, -0.15) is 0 Å². The van der Waals surface area contributed by atoms with Crippen LogP contribution in [0.15, 0.2) is 0 Å². The van der Waals surface area contributed by atoms with E-state index in [9.17, 15) is 4.79 Å². The Morgan fingerprint density at radius 1 is 1.50 bits per heavy atom. The molecule has 4 nitrogen and oxygen atoms in total. The van der Waals surface area contributed by atoms with E-state index in [1.54, 1.807) is 13.8 Å². The summed E-state index contributed by atoms with van der Waals surface area (Å²) in [5.41, 5.74) is -0.838. The average molecular weight is 176 g/mol. The van der Waals surface area contributed by atoms with Gasteiger partial charge in [0.2, 0.25) is 0 Å². The first kappa shape index (κ1) is 11.4. The van der Waals surface area contributed by atoms with Crippen LogP contribution in [-0.4, -0.2) is 36.0 Å². The molecule has 0 aromatic heterocycles. The van der Waals surface area contributed by atoms with Crippen LogP contribution < -0.4 is 0 Å². The third-order valence-electron chi connectivity index (χ3n) is 1.49. The number of hydrogen-bond donors (Lipinski definition) is 2. The highest BCUT2D eigenvalue weighted by Gasteiger charge is 2.26. The number of aliphatic hydroxyl groups is 1. The number of carboxylic acids is 1. The summed E-state index contributed by atoms with van der Waals surface area (Å²) in [6.07, 6.45) is 0.551. The molecule has 0 aromatic rings. The second-order valence-electron chi connectivity index (χ2n) is 3.32. The second-order valence-corrected chi connectivity index (χ2v) is 3.32. The molecule has 0 fully saturated rings. The van der Waals surface area contributed by atoms with Crippen molar-refractivity contribution in [2.24, 2.45) is 5.41 Å². The summed E-state index contributed by atoms with van der Waals surface area (Å²) in [6.45, 7) is 3.88. The molecule has 2 N–H and O–H groups in total. The van der Waals surface area contributed by atoms with Crippen molar-refractivity contribution in [3.8, 4) is 0 Å². The van der Waals surface area contributed by atoms with Gasteiger partial charge in [-0.25, -0.2) is 0 Å². The van der Waals surface area contributed by atoms with Crippen LogP contribution in [0.3, 0.4) is 0 Å². The molecule has 0 amide bonds. The largest absolute Gasteiger partial charge is 0.481 e. The fourth-order valence-corrected chi connectivity index (χ4v) is 0.556. The van der Waals surface area contributed by atoms with Crippen LogP contribution in [0.25, 0.3) is 0 Å². The Balaban J connectivity index is 3.54. The quantitative estimate of drug-likeness (QED) is 0.578. The Morgan fingerprint density at radius 3 is 2.50 bits per heavy atom. The number of rotatable bonds is 6. The number of aliphatic carboxylic acids is 1. The number of ether oxygens (including phenoxy) is 1. The maximum Gasteiger partial charge on any atom is 0.311 e. The highest BCUT2D eigenvalue weighted by molar-refractivity contribution is 5.73. The SMILES string of the molecule is CC(C)(COCCCO)C(=O)O. The van der Waals surface area contributed by atoms with E-state index in [2.05, 4.69) is 0 Å². The third kappa shape index (κ3) is 4.31. The summed E-state index contributed by atoms with van der Waals surface area (Å²) in [5, 5.41) is 17.1. The van der Waals surface area contributed by atoms with Gasteiger partial charge in [-0.1, -0.05) is 0 Å². The third-order valence-corrected chi connectivity index (χ3v) is 1.49. The van der Waals surface area contributed by atoms with Gasteiger partial charge in [-0.15, -0.1) is 0 Å². The van der Waals surface area contributed by atoms with Crippen molar-refractivity contribution in [1.29, 1.82) is 0 Å². The molecule has 12 heavy (non-hydrogen) atoms. The Labute approximate surface area is 72.2 Å². The highest BCUT2D eigenvalue weighted by atomic mass is 16.5. The number of aliphatic hydroxyl groups excluding tert-OH is 1. The Morgan fingerprint density at radius 2 is 2.08 bits per heavy atom. The zero-order valence-electron chi connectivity index (χ0n) is 7.54. The lowest BCUT2D eigenvalue weighted by atomic mass is 9.95. The summed E-state index contributed by atoms with van der Waals surface area (Å²) in [5.74, 6) is -0.869. The maximum atomic E-state index is 10.6. The molecule has 0 saturated heterocycles. The lowest BCUT2D eigenvalue weighted by Gasteiger charge is -2.18. The fraction of sp³-hybridized carbons (Fsp3) is 0.875. The van der Waals surface area contributed by atoms with Crippen LogP contribution >= 0.6 is 0 Å². The molecule has 0 heterocycles. The van der Waals surface area contributed by atoms with Crippen LogP contribution in [-0.2, 0) is 9.53 Å². The van der Waals surface area contributed by atoms with E-state index >= 15 is 0 Å². The number of hydrogen-bond acceptors (Lipinski definition) is 3. The van der Waals surface area contributed by atoms with Crippen LogP contribution in [0.1, 0.15) is 20.3 Å². The van der Waals surface area contributed by atoms with Gasteiger partial charge in [0.05, 0.1) is 12.0 Å². The summed E-state index contributed by atoms with van der Waals surface area (Å²) < 4.78 is 5.06. The molecule has 0 radical (unpaired) electrons. The maximum absolute atomic E-state index is 10.6. The Hall–Kier alpha value is -0.610. The van der Waals surface area contributed by atoms with Gasteiger partial charge in [0, 0.05) is 13.2 Å². The Bertz CT molecular complexity index is 142. The first-order valence-electron chi connectivity index (χ1n) is 3.92. The smallest absolute Gasteiger partial charge is 0.311 e. The van der Waals surface area contributed by atoms with Crippen molar-refractivity contribution < 1.29 is 19.7 Å². The van der Waals surface area contributed by atoms with E-state index in [0.717, 1.165) is 0 Å². The Kier molecular flexibility index (Phi) is 4.85. The standard InChI is InChI=1S/C8H16O4/c1-8(2,7(10)11)6-12-5-3-4-9/h9H,3-6H2,1-2H3,(H,10,11). The molecular formula is C8H16O4. The predicted octanol–water partition coefficient (Wildman–Crippen LogP) is 0.496. The molecule has 0 aliphatic rings. The van der Waals surface area contributed by atoms with E-state index < -0.39 is 11.4 Å². The van der Waals surface area contributed by atoms with Crippen molar-refractivity contribution in [3.63, 3.8) is 0 Å². The van der Waals surface area contributed by atoms with Gasteiger partial charge in [-0.05, 0) is 20.3 Å². The molecular weight excluding hydrogens is 160 g/mol. The van der Waals surface area contributed by atoms with E-state index in [4.69, 9.17) is 14.9 Å². The van der Waals surface area contributed by atoms with Gasteiger partial charge in [0.1, 0.15) is 0 Å². The lowest BCUT2D eigenvalue weighted by molar-refractivity contribution is -0.150. The molecule has 0 bridgehead atoms. The minimum absolute atomic E-state index is 0.0769.